The molecule has 4 rings (SSSR count). The normalized spacial score (nSPS) is 15.4. The summed E-state index contributed by atoms with van der Waals surface area (Å²) in [5, 5.41) is 12.4. The van der Waals surface area contributed by atoms with Crippen LogP contribution in [-0.2, 0) is 23.9 Å². The third-order valence-electron chi connectivity index (χ3n) is 7.40. The molecule has 2 fully saturated rings. The Bertz CT molecular complexity index is 1460. The fourth-order valence-corrected chi connectivity index (χ4v) is 4.86. The van der Waals surface area contributed by atoms with Crippen LogP contribution in [0.4, 0.5) is 9.59 Å². The van der Waals surface area contributed by atoms with E-state index in [9.17, 15) is 33.9 Å². The second-order valence-corrected chi connectivity index (χ2v) is 10.7. The second kappa shape index (κ2) is 15.2. The van der Waals surface area contributed by atoms with Gasteiger partial charge in [-0.3, -0.25) is 19.2 Å². The number of rotatable bonds is 12. The standard InChI is InChI=1S/C30H37N5O10/c1-3-4-14-43-29(41)34-11-9-33(10-12-34)28(40)21(7-8-26(37)38)32-27(39)23-17-24(20-6-5-19(2)16-22(20)31-23)45-18-25(36)35-13-15-44-30(35)42/h5-6,16-17,21H,3-4,7-15,18H2,1-2H3,(H,32,39)(H,37,38)/t21-/m0/s1. The molecule has 15 nitrogen and oxygen atoms in total. The van der Waals surface area contributed by atoms with Crippen molar-refractivity contribution in [3.8, 4) is 5.75 Å². The number of unbranched alkanes of at least 4 members (excludes halogenated alkanes) is 1. The van der Waals surface area contributed by atoms with Gasteiger partial charge in [0.2, 0.25) is 5.91 Å². The molecule has 2 aromatic rings. The number of cyclic esters (lactones) is 1. The highest BCUT2D eigenvalue weighted by Gasteiger charge is 2.32. The van der Waals surface area contributed by atoms with Gasteiger partial charge in [0.25, 0.3) is 11.8 Å². The monoisotopic (exact) mass is 627 g/mol. The summed E-state index contributed by atoms with van der Waals surface area (Å²) in [7, 11) is 0. The molecule has 0 radical (unpaired) electrons. The van der Waals surface area contributed by atoms with Gasteiger partial charge in [-0.05, 0) is 37.5 Å². The Kier molecular flexibility index (Phi) is 11.1. The molecule has 0 bridgehead atoms. The van der Waals surface area contributed by atoms with Crippen LogP contribution in [0.1, 0.15) is 48.7 Å². The van der Waals surface area contributed by atoms with E-state index in [0.717, 1.165) is 23.3 Å². The first-order chi connectivity index (χ1) is 21.6. The minimum Gasteiger partial charge on any atom is -0.483 e. The van der Waals surface area contributed by atoms with E-state index in [0.29, 0.717) is 17.5 Å². The molecular weight excluding hydrogens is 590 g/mol. The number of piperazine rings is 1. The third-order valence-corrected chi connectivity index (χ3v) is 7.40. The number of amides is 5. The van der Waals surface area contributed by atoms with Gasteiger partial charge in [0, 0.05) is 44.1 Å². The molecule has 0 saturated carbocycles. The van der Waals surface area contributed by atoms with E-state index in [1.54, 1.807) is 12.1 Å². The van der Waals surface area contributed by atoms with Gasteiger partial charge >= 0.3 is 18.2 Å². The van der Waals surface area contributed by atoms with Crippen molar-refractivity contribution < 1.29 is 48.1 Å². The lowest BCUT2D eigenvalue weighted by Gasteiger charge is -2.36. The van der Waals surface area contributed by atoms with Gasteiger partial charge in [0.1, 0.15) is 24.1 Å². The van der Waals surface area contributed by atoms with Crippen LogP contribution >= 0.6 is 0 Å². The SMILES string of the molecule is CCCCOC(=O)N1CCN(C(=O)[C@H](CCC(=O)O)NC(=O)c2cc(OCC(=O)N3CCOC3=O)c3ccc(C)cc3n2)CC1. The molecule has 1 aromatic heterocycles. The summed E-state index contributed by atoms with van der Waals surface area (Å²) in [6.45, 7) is 4.67. The number of hydrogen-bond acceptors (Lipinski definition) is 10. The minimum atomic E-state index is -1.18. The Labute approximate surface area is 259 Å². The number of imide groups is 1. The summed E-state index contributed by atoms with van der Waals surface area (Å²) < 4.78 is 15.8. The van der Waals surface area contributed by atoms with E-state index in [1.165, 1.54) is 15.9 Å². The molecule has 1 aromatic carbocycles. The predicted octanol–water partition coefficient (Wildman–Crippen LogP) is 1.94. The van der Waals surface area contributed by atoms with Gasteiger partial charge in [-0.25, -0.2) is 19.5 Å². The lowest BCUT2D eigenvalue weighted by molar-refractivity contribution is -0.138. The molecule has 1 atom stereocenters. The Hall–Kier alpha value is -4.95. The van der Waals surface area contributed by atoms with Crippen molar-refractivity contribution in [2.75, 3.05) is 52.5 Å². The number of carbonyl (C=O) groups is 6. The maximum absolute atomic E-state index is 13.5. The number of carbonyl (C=O) groups excluding carboxylic acids is 5. The number of aliphatic carboxylic acids is 1. The van der Waals surface area contributed by atoms with Gasteiger partial charge in [0.15, 0.2) is 6.61 Å². The highest BCUT2D eigenvalue weighted by Crippen LogP contribution is 2.27. The molecule has 2 aliphatic rings. The number of carboxylic acid groups (broad SMARTS) is 1. The lowest BCUT2D eigenvalue weighted by atomic mass is 10.1. The van der Waals surface area contributed by atoms with E-state index >= 15 is 0 Å². The summed E-state index contributed by atoms with van der Waals surface area (Å²) in [6.07, 6.45) is -0.122. The second-order valence-electron chi connectivity index (χ2n) is 10.7. The average Bonchev–Trinajstić information content (AvgIpc) is 3.46. The summed E-state index contributed by atoms with van der Waals surface area (Å²) in [5.41, 5.74) is 1.11. The zero-order valence-corrected chi connectivity index (χ0v) is 25.3. The average molecular weight is 628 g/mol. The van der Waals surface area contributed by atoms with Crippen LogP contribution in [0.15, 0.2) is 24.3 Å². The van der Waals surface area contributed by atoms with Crippen LogP contribution in [0.3, 0.4) is 0 Å². The van der Waals surface area contributed by atoms with E-state index in [4.69, 9.17) is 14.2 Å². The molecule has 2 saturated heterocycles. The maximum atomic E-state index is 13.5. The van der Waals surface area contributed by atoms with Crippen molar-refractivity contribution in [1.29, 1.82) is 0 Å². The van der Waals surface area contributed by atoms with Crippen LogP contribution in [0.5, 0.6) is 5.75 Å². The van der Waals surface area contributed by atoms with Crippen molar-refractivity contribution in [2.24, 2.45) is 0 Å². The zero-order chi connectivity index (χ0) is 32.5. The summed E-state index contributed by atoms with van der Waals surface area (Å²) in [5.74, 6) is -2.83. The third kappa shape index (κ3) is 8.58. The van der Waals surface area contributed by atoms with Gasteiger partial charge < -0.3 is 34.4 Å². The molecule has 0 unspecified atom stereocenters. The molecule has 5 amide bonds. The quantitative estimate of drug-likeness (QED) is 0.328. The molecule has 2 aliphatic heterocycles. The zero-order valence-electron chi connectivity index (χ0n) is 25.3. The fraction of sp³-hybridized carbons (Fsp3) is 0.500. The number of fused-ring (bicyclic) bond motifs is 1. The molecule has 0 spiro atoms. The Morgan fingerprint density at radius 2 is 1.80 bits per heavy atom. The topological polar surface area (TPSA) is 185 Å². The van der Waals surface area contributed by atoms with Gasteiger partial charge in [0.05, 0.1) is 18.7 Å². The first-order valence-corrected chi connectivity index (χ1v) is 14.8. The van der Waals surface area contributed by atoms with Crippen molar-refractivity contribution >= 4 is 46.8 Å². The summed E-state index contributed by atoms with van der Waals surface area (Å²) in [4.78, 5) is 83.2. The molecular formula is C30H37N5O10. The van der Waals surface area contributed by atoms with Gasteiger partial charge in [-0.1, -0.05) is 19.4 Å². The Morgan fingerprint density at radius 1 is 1.07 bits per heavy atom. The maximum Gasteiger partial charge on any atom is 0.416 e. The van der Waals surface area contributed by atoms with Crippen LogP contribution in [0.25, 0.3) is 10.9 Å². The predicted molar refractivity (Wildman–Crippen MR) is 158 cm³/mol. The van der Waals surface area contributed by atoms with Crippen molar-refractivity contribution in [3.63, 3.8) is 0 Å². The molecule has 242 valence electrons. The first kappa shape index (κ1) is 33.0. The first-order valence-electron chi connectivity index (χ1n) is 14.8. The molecule has 2 N–H and O–H groups in total. The highest BCUT2D eigenvalue weighted by atomic mass is 16.6. The molecule has 3 heterocycles. The number of pyridine rings is 1. The number of nitrogens with zero attached hydrogens (tertiary/aromatic N) is 4. The number of carboxylic acids is 1. The fourth-order valence-electron chi connectivity index (χ4n) is 4.86. The largest absolute Gasteiger partial charge is 0.483 e. The van der Waals surface area contributed by atoms with Crippen LogP contribution in [0, 0.1) is 6.92 Å². The summed E-state index contributed by atoms with van der Waals surface area (Å²) >= 11 is 0. The van der Waals surface area contributed by atoms with Crippen LogP contribution in [-0.4, -0.2) is 119 Å². The summed E-state index contributed by atoms with van der Waals surface area (Å²) in [6, 6.07) is 5.39. The van der Waals surface area contributed by atoms with E-state index < -0.39 is 48.5 Å². The van der Waals surface area contributed by atoms with Crippen LogP contribution < -0.4 is 10.1 Å². The Balaban J connectivity index is 1.48. The smallest absolute Gasteiger partial charge is 0.416 e. The number of aryl methyl sites for hydroxylation is 1. The number of hydrogen-bond donors (Lipinski definition) is 2. The molecule has 15 heteroatoms. The van der Waals surface area contributed by atoms with Gasteiger partial charge in [-0.2, -0.15) is 0 Å². The minimum absolute atomic E-state index is 0.0927. The van der Waals surface area contributed by atoms with E-state index in [-0.39, 0.29) is 63.6 Å². The van der Waals surface area contributed by atoms with Crippen molar-refractivity contribution in [3.05, 3.63) is 35.5 Å². The molecule has 45 heavy (non-hydrogen) atoms. The Morgan fingerprint density at radius 3 is 2.47 bits per heavy atom. The lowest BCUT2D eigenvalue weighted by Crippen LogP contribution is -2.56. The van der Waals surface area contributed by atoms with Crippen molar-refractivity contribution in [2.45, 2.75) is 45.6 Å². The van der Waals surface area contributed by atoms with Gasteiger partial charge in [-0.15, -0.1) is 0 Å². The number of nitrogens with one attached hydrogen (secondary N) is 1. The highest BCUT2D eigenvalue weighted by molar-refractivity contribution is 6.00. The van der Waals surface area contributed by atoms with E-state index in [1.807, 2.05) is 19.9 Å². The number of ether oxygens (including phenoxy) is 3. The van der Waals surface area contributed by atoms with Crippen LogP contribution in [0.2, 0.25) is 0 Å². The van der Waals surface area contributed by atoms with Crippen molar-refractivity contribution in [1.82, 2.24) is 25.0 Å². The number of benzene rings is 1. The van der Waals surface area contributed by atoms with E-state index in [2.05, 4.69) is 10.3 Å². The molecule has 0 aliphatic carbocycles. The number of aromatic nitrogens is 1.